The monoisotopic (exact) mass is 671 g/mol. The van der Waals surface area contributed by atoms with E-state index in [-0.39, 0.29) is 50.9 Å². The van der Waals surface area contributed by atoms with Gasteiger partial charge in [-0.2, -0.15) is 9.97 Å². The standard InChI is InChI=1S/C37H39F2N5O5/c1-2-25-28(38)8-7-23-16-24(45)17-26(30(23)25)32-31(39)33-27(18-40-32)34(43-12-5-14-47-15-13-43)42-35(41-33)49-20-36-9-3-6-29(36)44(11-4-10-36)19-37(46)21-48-22-37/h1,7-8,16-18,29,45-46H,3-6,9-15,19-22H2. The normalized spacial score (nSPS) is 24.0. The highest BCUT2D eigenvalue weighted by molar-refractivity contribution is 6.03. The lowest BCUT2D eigenvalue weighted by Gasteiger charge is -2.49. The molecule has 256 valence electrons. The summed E-state index contributed by atoms with van der Waals surface area (Å²) in [6.45, 7) is 4.85. The first-order chi connectivity index (χ1) is 23.8. The third-order valence-electron chi connectivity index (χ3n) is 10.8. The van der Waals surface area contributed by atoms with Gasteiger partial charge in [-0.05, 0) is 62.2 Å². The largest absolute Gasteiger partial charge is 0.508 e. The number of benzene rings is 2. The summed E-state index contributed by atoms with van der Waals surface area (Å²) in [5.41, 5.74) is -0.970. The molecule has 2 unspecified atom stereocenters. The molecule has 4 aromatic rings. The zero-order valence-corrected chi connectivity index (χ0v) is 27.3. The van der Waals surface area contributed by atoms with E-state index >= 15 is 4.39 Å². The quantitative estimate of drug-likeness (QED) is 0.266. The van der Waals surface area contributed by atoms with Gasteiger partial charge >= 0.3 is 6.01 Å². The number of piperidine rings is 1. The van der Waals surface area contributed by atoms with Crippen LogP contribution in [0.1, 0.15) is 44.1 Å². The van der Waals surface area contributed by atoms with Crippen LogP contribution in [0.15, 0.2) is 30.5 Å². The fraction of sp³-hybridized carbons (Fsp3) is 0.486. The summed E-state index contributed by atoms with van der Waals surface area (Å²) in [6, 6.07) is 5.81. The number of likely N-dealkylation sites (tertiary alicyclic amines) is 1. The number of β-amino-alcohol motifs (C(OH)–C–C–N with tert-alkyl or cyclic N) is 1. The van der Waals surface area contributed by atoms with Gasteiger partial charge in [0.2, 0.25) is 0 Å². The second kappa shape index (κ2) is 12.6. The summed E-state index contributed by atoms with van der Waals surface area (Å²) in [6.07, 6.45) is 13.0. The summed E-state index contributed by atoms with van der Waals surface area (Å²) in [5, 5.41) is 22.6. The highest BCUT2D eigenvalue weighted by Gasteiger charge is 2.51. The predicted molar refractivity (Wildman–Crippen MR) is 180 cm³/mol. The number of terminal acetylenes is 1. The lowest BCUT2D eigenvalue weighted by Crippen LogP contribution is -2.62. The number of rotatable bonds is 7. The van der Waals surface area contributed by atoms with Gasteiger partial charge in [0.25, 0.3) is 0 Å². The Balaban J connectivity index is 1.20. The Bertz CT molecular complexity index is 1960. The van der Waals surface area contributed by atoms with Crippen molar-refractivity contribution < 1.29 is 33.2 Å². The van der Waals surface area contributed by atoms with Gasteiger partial charge in [0, 0.05) is 54.8 Å². The average Bonchev–Trinajstić information content (AvgIpc) is 3.34. The predicted octanol–water partition coefficient (Wildman–Crippen LogP) is 4.81. The Morgan fingerprint density at radius 3 is 2.71 bits per heavy atom. The van der Waals surface area contributed by atoms with E-state index < -0.39 is 17.2 Å². The minimum atomic E-state index is -0.809. The summed E-state index contributed by atoms with van der Waals surface area (Å²) in [4.78, 5) is 18.4. The van der Waals surface area contributed by atoms with Gasteiger partial charge in [0.15, 0.2) is 5.82 Å². The molecule has 2 N–H and O–H groups in total. The molecule has 12 heteroatoms. The Hall–Kier alpha value is -4.15. The van der Waals surface area contributed by atoms with Gasteiger partial charge in [-0.25, -0.2) is 8.78 Å². The second-order valence-electron chi connectivity index (χ2n) is 14.0. The summed E-state index contributed by atoms with van der Waals surface area (Å²) in [5.74, 6) is 1.35. The van der Waals surface area contributed by atoms with Crippen LogP contribution in [-0.4, -0.2) is 101 Å². The maximum absolute atomic E-state index is 16.9. The number of halogens is 2. The minimum absolute atomic E-state index is 0.00303. The first-order valence-electron chi connectivity index (χ1n) is 17.1. The molecule has 1 aliphatic carbocycles. The summed E-state index contributed by atoms with van der Waals surface area (Å²) in [7, 11) is 0. The molecule has 10 nitrogen and oxygen atoms in total. The van der Waals surface area contributed by atoms with Crippen molar-refractivity contribution in [2.75, 3.05) is 64.1 Å². The maximum atomic E-state index is 16.9. The fourth-order valence-electron chi connectivity index (χ4n) is 8.44. The summed E-state index contributed by atoms with van der Waals surface area (Å²) >= 11 is 0. The van der Waals surface area contributed by atoms with E-state index in [1.165, 1.54) is 30.5 Å². The van der Waals surface area contributed by atoms with Crippen LogP contribution in [0.25, 0.3) is 32.9 Å². The van der Waals surface area contributed by atoms with Crippen LogP contribution >= 0.6 is 0 Å². The second-order valence-corrected chi connectivity index (χ2v) is 14.0. The van der Waals surface area contributed by atoms with Crippen LogP contribution in [0.5, 0.6) is 11.8 Å². The van der Waals surface area contributed by atoms with Crippen LogP contribution in [-0.2, 0) is 9.47 Å². The number of aliphatic hydroxyl groups is 1. The van der Waals surface area contributed by atoms with Crippen LogP contribution < -0.4 is 9.64 Å². The molecule has 4 fully saturated rings. The molecule has 2 atom stereocenters. The number of hydrogen-bond donors (Lipinski definition) is 2. The molecular weight excluding hydrogens is 632 g/mol. The maximum Gasteiger partial charge on any atom is 0.319 e. The lowest BCUT2D eigenvalue weighted by atomic mass is 9.75. The van der Waals surface area contributed by atoms with Gasteiger partial charge in [-0.3, -0.25) is 9.88 Å². The van der Waals surface area contributed by atoms with E-state index in [2.05, 4.69) is 20.8 Å². The van der Waals surface area contributed by atoms with Crippen LogP contribution in [0, 0.1) is 29.4 Å². The first-order valence-corrected chi connectivity index (χ1v) is 17.1. The van der Waals surface area contributed by atoms with Gasteiger partial charge in [-0.1, -0.05) is 18.4 Å². The molecule has 5 heterocycles. The van der Waals surface area contributed by atoms with Crippen molar-refractivity contribution in [2.24, 2.45) is 5.41 Å². The first kappa shape index (κ1) is 32.1. The molecule has 1 saturated carbocycles. The Morgan fingerprint density at radius 2 is 1.90 bits per heavy atom. The van der Waals surface area contributed by atoms with Crippen molar-refractivity contribution in [2.45, 2.75) is 50.2 Å². The van der Waals surface area contributed by atoms with Crippen molar-refractivity contribution in [3.05, 3.63) is 47.7 Å². The van der Waals surface area contributed by atoms with Crippen molar-refractivity contribution >= 4 is 27.5 Å². The number of nitrogens with zero attached hydrogens (tertiary/aromatic N) is 5. The average molecular weight is 672 g/mol. The zero-order valence-electron chi connectivity index (χ0n) is 27.3. The van der Waals surface area contributed by atoms with Gasteiger partial charge in [0.1, 0.15) is 34.2 Å². The summed E-state index contributed by atoms with van der Waals surface area (Å²) < 4.78 is 49.3. The number of anilines is 1. The molecular formula is C37H39F2N5O5. The zero-order chi connectivity index (χ0) is 33.8. The number of hydrogen-bond acceptors (Lipinski definition) is 10. The minimum Gasteiger partial charge on any atom is -0.508 e. The van der Waals surface area contributed by atoms with Crippen molar-refractivity contribution in [1.82, 2.24) is 19.9 Å². The van der Waals surface area contributed by atoms with Crippen LogP contribution in [0.2, 0.25) is 0 Å². The van der Waals surface area contributed by atoms with E-state index in [1.807, 2.05) is 4.90 Å². The van der Waals surface area contributed by atoms with E-state index in [1.54, 1.807) is 0 Å². The SMILES string of the molecule is C#Cc1c(F)ccc2cc(O)cc(-c3ncc4c(N5CCCOCC5)nc(OCC56CCCC5N(CC5(O)COC5)CCC6)nc4c3F)c12. The molecule has 8 rings (SSSR count). The molecule has 3 aliphatic heterocycles. The third kappa shape index (κ3) is 5.72. The van der Waals surface area contributed by atoms with Crippen molar-refractivity contribution in [3.63, 3.8) is 0 Å². The van der Waals surface area contributed by atoms with E-state index in [0.717, 1.165) is 45.1 Å². The number of phenols is 1. The van der Waals surface area contributed by atoms with Gasteiger partial charge < -0.3 is 29.3 Å². The Morgan fingerprint density at radius 1 is 1.04 bits per heavy atom. The van der Waals surface area contributed by atoms with Gasteiger partial charge in [0.05, 0.1) is 37.4 Å². The number of ether oxygens (including phenoxy) is 3. The third-order valence-corrected chi connectivity index (χ3v) is 10.8. The van der Waals surface area contributed by atoms with Crippen molar-refractivity contribution in [1.29, 1.82) is 0 Å². The highest BCUT2D eigenvalue weighted by Crippen LogP contribution is 2.48. The number of aromatic hydroxyl groups is 1. The number of fused-ring (bicyclic) bond motifs is 3. The molecule has 0 bridgehead atoms. The van der Waals surface area contributed by atoms with E-state index in [9.17, 15) is 14.6 Å². The molecule has 2 aromatic heterocycles. The fourth-order valence-corrected chi connectivity index (χ4v) is 8.44. The number of pyridine rings is 1. The number of aromatic nitrogens is 3. The molecule has 0 spiro atoms. The van der Waals surface area contributed by atoms with Crippen molar-refractivity contribution in [3.8, 4) is 35.4 Å². The molecule has 2 aromatic carbocycles. The molecule has 4 aliphatic rings. The molecule has 49 heavy (non-hydrogen) atoms. The topological polar surface area (TPSA) is 113 Å². The molecule has 3 saturated heterocycles. The highest BCUT2D eigenvalue weighted by atomic mass is 19.1. The number of phenolic OH excluding ortho intramolecular Hbond substituents is 1. The van der Waals surface area contributed by atoms with Gasteiger partial charge in [-0.15, -0.1) is 6.42 Å². The van der Waals surface area contributed by atoms with Crippen LogP contribution in [0.4, 0.5) is 14.6 Å². The Labute approximate surface area is 283 Å². The smallest absolute Gasteiger partial charge is 0.319 e. The van der Waals surface area contributed by atoms with Crippen LogP contribution in [0.3, 0.4) is 0 Å². The molecule has 0 amide bonds. The lowest BCUT2D eigenvalue weighted by molar-refractivity contribution is -0.195. The van der Waals surface area contributed by atoms with E-state index in [0.29, 0.717) is 69.3 Å². The van der Waals surface area contributed by atoms with E-state index in [4.69, 9.17) is 25.6 Å². The Kier molecular flexibility index (Phi) is 8.27. The molecule has 0 radical (unpaired) electrons.